The Morgan fingerprint density at radius 1 is 1.30 bits per heavy atom. The molecule has 0 aliphatic carbocycles. The molecule has 0 saturated heterocycles. The van der Waals surface area contributed by atoms with Gasteiger partial charge in [0.1, 0.15) is 6.04 Å². The SMILES string of the molecule is C[C@H](CC#N)[C@@H](NC(=O)c1ccc(C#N)cc1)C(=O)O. The summed E-state index contributed by atoms with van der Waals surface area (Å²) in [7, 11) is 0. The number of aliphatic carboxylic acids is 1. The van der Waals surface area contributed by atoms with Gasteiger partial charge in [0.2, 0.25) is 0 Å². The predicted octanol–water partition coefficient (Wildman–Crippen LogP) is 1.29. The fraction of sp³-hybridized carbons (Fsp3) is 0.286. The fourth-order valence-corrected chi connectivity index (χ4v) is 1.63. The lowest BCUT2D eigenvalue weighted by Gasteiger charge is -2.19. The van der Waals surface area contributed by atoms with Crippen LogP contribution in [-0.4, -0.2) is 23.0 Å². The maximum absolute atomic E-state index is 11.9. The van der Waals surface area contributed by atoms with Crippen molar-refractivity contribution in [2.24, 2.45) is 5.92 Å². The summed E-state index contributed by atoms with van der Waals surface area (Å²) in [6, 6.07) is 8.52. The predicted molar refractivity (Wildman–Crippen MR) is 69.4 cm³/mol. The molecule has 0 saturated carbocycles. The van der Waals surface area contributed by atoms with Crippen molar-refractivity contribution in [1.82, 2.24) is 5.32 Å². The van der Waals surface area contributed by atoms with Gasteiger partial charge in [0.05, 0.1) is 17.7 Å². The molecule has 0 radical (unpaired) electrons. The third-order valence-electron chi connectivity index (χ3n) is 2.81. The summed E-state index contributed by atoms with van der Waals surface area (Å²) in [5.74, 6) is -2.23. The van der Waals surface area contributed by atoms with Crippen molar-refractivity contribution >= 4 is 11.9 Å². The average molecular weight is 271 g/mol. The summed E-state index contributed by atoms with van der Waals surface area (Å²) in [6.07, 6.45) is 0.0324. The fourth-order valence-electron chi connectivity index (χ4n) is 1.63. The number of benzene rings is 1. The first-order chi connectivity index (χ1) is 9.49. The number of carbonyl (C=O) groups excluding carboxylic acids is 1. The summed E-state index contributed by atoms with van der Waals surface area (Å²) < 4.78 is 0. The molecule has 2 N–H and O–H groups in total. The molecular weight excluding hydrogens is 258 g/mol. The summed E-state index contributed by atoms with van der Waals surface area (Å²) in [6.45, 7) is 1.58. The Kier molecular flexibility index (Phi) is 5.25. The summed E-state index contributed by atoms with van der Waals surface area (Å²) in [4.78, 5) is 23.0. The smallest absolute Gasteiger partial charge is 0.326 e. The summed E-state index contributed by atoms with van der Waals surface area (Å²) >= 11 is 0. The number of nitrogens with one attached hydrogen (secondary N) is 1. The van der Waals surface area contributed by atoms with Crippen LogP contribution >= 0.6 is 0 Å². The van der Waals surface area contributed by atoms with E-state index in [0.29, 0.717) is 5.56 Å². The number of nitrogens with zero attached hydrogens (tertiary/aromatic N) is 2. The minimum atomic E-state index is -1.19. The van der Waals surface area contributed by atoms with Crippen molar-refractivity contribution in [3.63, 3.8) is 0 Å². The van der Waals surface area contributed by atoms with Crippen LogP contribution in [0.3, 0.4) is 0 Å². The van der Waals surface area contributed by atoms with E-state index < -0.39 is 23.8 Å². The van der Waals surface area contributed by atoms with Crippen molar-refractivity contribution < 1.29 is 14.7 Å². The van der Waals surface area contributed by atoms with Crippen LogP contribution in [-0.2, 0) is 4.79 Å². The monoisotopic (exact) mass is 271 g/mol. The van der Waals surface area contributed by atoms with Gasteiger partial charge in [-0.15, -0.1) is 0 Å². The van der Waals surface area contributed by atoms with Crippen LogP contribution in [0.25, 0.3) is 0 Å². The van der Waals surface area contributed by atoms with Gasteiger partial charge in [-0.1, -0.05) is 6.92 Å². The van der Waals surface area contributed by atoms with E-state index in [-0.39, 0.29) is 12.0 Å². The van der Waals surface area contributed by atoms with Gasteiger partial charge in [-0.05, 0) is 24.3 Å². The maximum atomic E-state index is 11.9. The highest BCUT2D eigenvalue weighted by molar-refractivity contribution is 5.96. The molecule has 0 aliphatic rings. The molecule has 0 bridgehead atoms. The molecule has 1 aromatic rings. The standard InChI is InChI=1S/C14H13N3O3/c1-9(6-7-15)12(14(19)20)17-13(18)11-4-2-10(8-16)3-5-11/h2-5,9,12H,6H2,1H3,(H,17,18)(H,19,20)/t9-,12-/m1/s1. The number of rotatable bonds is 5. The molecule has 1 amide bonds. The molecular formula is C14H13N3O3. The molecule has 1 rings (SSSR count). The van der Waals surface area contributed by atoms with E-state index in [2.05, 4.69) is 5.32 Å². The Labute approximate surface area is 116 Å². The van der Waals surface area contributed by atoms with E-state index >= 15 is 0 Å². The lowest BCUT2D eigenvalue weighted by molar-refractivity contribution is -0.140. The van der Waals surface area contributed by atoms with E-state index in [4.69, 9.17) is 15.6 Å². The Hall–Kier alpha value is -2.86. The molecule has 0 fully saturated rings. The van der Waals surface area contributed by atoms with Crippen LogP contribution in [0.5, 0.6) is 0 Å². The molecule has 0 spiro atoms. The average Bonchev–Trinajstić information content (AvgIpc) is 2.44. The maximum Gasteiger partial charge on any atom is 0.326 e. The van der Waals surface area contributed by atoms with Crippen LogP contribution in [0.2, 0.25) is 0 Å². The van der Waals surface area contributed by atoms with Crippen molar-refractivity contribution in [1.29, 1.82) is 10.5 Å². The van der Waals surface area contributed by atoms with Crippen molar-refractivity contribution in [2.75, 3.05) is 0 Å². The van der Waals surface area contributed by atoms with Gasteiger partial charge < -0.3 is 10.4 Å². The first kappa shape index (κ1) is 15.2. The third-order valence-corrected chi connectivity index (χ3v) is 2.81. The number of hydrogen-bond acceptors (Lipinski definition) is 4. The molecule has 0 aliphatic heterocycles. The number of carboxylic acid groups (broad SMARTS) is 1. The summed E-state index contributed by atoms with van der Waals surface area (Å²) in [5, 5.41) is 28.7. The van der Waals surface area contributed by atoms with Crippen molar-refractivity contribution in [3.8, 4) is 12.1 Å². The van der Waals surface area contributed by atoms with Gasteiger partial charge in [-0.3, -0.25) is 4.79 Å². The third kappa shape index (κ3) is 3.82. The van der Waals surface area contributed by atoms with Crippen LogP contribution < -0.4 is 5.32 Å². The number of carboxylic acids is 1. The van der Waals surface area contributed by atoms with Crippen LogP contribution in [0.4, 0.5) is 0 Å². The molecule has 1 aromatic carbocycles. The summed E-state index contributed by atoms with van der Waals surface area (Å²) in [5.41, 5.74) is 0.675. The molecule has 6 heteroatoms. The van der Waals surface area contributed by atoms with E-state index in [1.165, 1.54) is 24.3 Å². The molecule has 0 heterocycles. The highest BCUT2D eigenvalue weighted by Gasteiger charge is 2.26. The minimum Gasteiger partial charge on any atom is -0.480 e. The van der Waals surface area contributed by atoms with Gasteiger partial charge in [0.15, 0.2) is 0 Å². The largest absolute Gasteiger partial charge is 0.480 e. The Morgan fingerprint density at radius 2 is 1.90 bits per heavy atom. The molecule has 2 atom stereocenters. The van der Waals surface area contributed by atoms with Gasteiger partial charge >= 0.3 is 5.97 Å². The number of nitriles is 2. The zero-order chi connectivity index (χ0) is 15.1. The number of amides is 1. The van der Waals surface area contributed by atoms with Gasteiger partial charge in [-0.2, -0.15) is 10.5 Å². The normalized spacial score (nSPS) is 12.6. The number of carbonyl (C=O) groups is 2. The van der Waals surface area contributed by atoms with Crippen molar-refractivity contribution in [2.45, 2.75) is 19.4 Å². The molecule has 6 nitrogen and oxygen atoms in total. The second-order valence-corrected chi connectivity index (χ2v) is 4.32. The lowest BCUT2D eigenvalue weighted by atomic mass is 9.98. The topological polar surface area (TPSA) is 114 Å². The Morgan fingerprint density at radius 3 is 2.35 bits per heavy atom. The van der Waals surface area contributed by atoms with Crippen LogP contribution in [0.1, 0.15) is 29.3 Å². The van der Waals surface area contributed by atoms with Crippen molar-refractivity contribution in [3.05, 3.63) is 35.4 Å². The Balaban J connectivity index is 2.83. The number of hydrogen-bond donors (Lipinski definition) is 2. The Bertz CT molecular complexity index is 581. The zero-order valence-electron chi connectivity index (χ0n) is 10.8. The van der Waals surface area contributed by atoms with Crippen LogP contribution in [0, 0.1) is 28.6 Å². The second kappa shape index (κ2) is 6.91. The van der Waals surface area contributed by atoms with Crippen LogP contribution in [0.15, 0.2) is 24.3 Å². The second-order valence-electron chi connectivity index (χ2n) is 4.32. The van der Waals surface area contributed by atoms with E-state index in [0.717, 1.165) is 0 Å². The van der Waals surface area contributed by atoms with E-state index in [1.54, 1.807) is 6.92 Å². The zero-order valence-corrected chi connectivity index (χ0v) is 10.8. The first-order valence-corrected chi connectivity index (χ1v) is 5.90. The lowest BCUT2D eigenvalue weighted by Crippen LogP contribution is -2.45. The minimum absolute atomic E-state index is 0.0324. The molecule has 0 aromatic heterocycles. The van der Waals surface area contributed by atoms with E-state index in [1.807, 2.05) is 12.1 Å². The van der Waals surface area contributed by atoms with Gasteiger partial charge in [-0.25, -0.2) is 4.79 Å². The highest BCUT2D eigenvalue weighted by Crippen LogP contribution is 2.10. The van der Waals surface area contributed by atoms with E-state index in [9.17, 15) is 9.59 Å². The quantitative estimate of drug-likeness (QED) is 0.837. The van der Waals surface area contributed by atoms with Gasteiger partial charge in [0, 0.05) is 17.9 Å². The van der Waals surface area contributed by atoms with Gasteiger partial charge in [0.25, 0.3) is 5.91 Å². The highest BCUT2D eigenvalue weighted by atomic mass is 16.4. The molecule has 20 heavy (non-hydrogen) atoms. The first-order valence-electron chi connectivity index (χ1n) is 5.90. The molecule has 102 valence electrons. The molecule has 0 unspecified atom stereocenters.